The Balaban J connectivity index is 0.00000266. The Hall–Kier alpha value is -3.51. The first-order valence-electron chi connectivity index (χ1n) is 23.2. The molecule has 0 unspecified atom stereocenters. The van der Waals surface area contributed by atoms with Gasteiger partial charge in [0.25, 0.3) is 5.91 Å². The highest BCUT2D eigenvalue weighted by Gasteiger charge is 2.52. The van der Waals surface area contributed by atoms with Crippen molar-refractivity contribution in [1.82, 2.24) is 40.1 Å². The van der Waals surface area contributed by atoms with E-state index in [1.54, 1.807) is 25.3 Å². The highest BCUT2D eigenvalue weighted by atomic mass is 32.2. The van der Waals surface area contributed by atoms with Crippen LogP contribution >= 0.6 is 65.3 Å². The third kappa shape index (κ3) is 11.8. The van der Waals surface area contributed by atoms with Crippen molar-refractivity contribution < 1.29 is 37.1 Å². The number of benzene rings is 1. The fourth-order valence-corrected chi connectivity index (χ4v) is 12.8. The minimum Gasteiger partial charge on any atom is -0.464 e. The predicted octanol–water partition coefficient (Wildman–Crippen LogP) is 6.38. The molecule has 4 atom stereocenters. The topological polar surface area (TPSA) is 185 Å². The number of aromatic nitrogens is 3. The van der Waals surface area contributed by atoms with Crippen LogP contribution in [0, 0.1) is 11.3 Å². The number of nitrogens with one attached hydrogen (secondary N) is 2. The van der Waals surface area contributed by atoms with Crippen LogP contribution < -0.4 is 10.7 Å². The smallest absolute Gasteiger partial charge is 0.324 e. The number of hydrogen-bond acceptors (Lipinski definition) is 12. The average molecular weight is 1080 g/mol. The van der Waals surface area contributed by atoms with Crippen LogP contribution in [0.2, 0.25) is 0 Å². The zero-order valence-corrected chi connectivity index (χ0v) is 47.0. The molecule has 70 heavy (non-hydrogen) atoms. The van der Waals surface area contributed by atoms with Gasteiger partial charge in [-0.25, -0.2) is 23.6 Å². The monoisotopic (exact) mass is 1080 g/mol. The van der Waals surface area contributed by atoms with Crippen molar-refractivity contribution in [3.05, 3.63) is 58.2 Å². The molecule has 22 heteroatoms. The number of fused-ring (bicyclic) bond motifs is 6. The second kappa shape index (κ2) is 23.6. The van der Waals surface area contributed by atoms with E-state index in [-0.39, 0.29) is 96.6 Å². The van der Waals surface area contributed by atoms with E-state index in [9.17, 15) is 27.6 Å². The van der Waals surface area contributed by atoms with E-state index in [1.165, 1.54) is 21.2 Å². The number of nitrogens with zero attached hydrogens (tertiary/aromatic N) is 6. The molecule has 3 saturated heterocycles. The number of amides is 4. The lowest BCUT2D eigenvalue weighted by Crippen LogP contribution is -2.68. The Morgan fingerprint density at radius 3 is 2.41 bits per heavy atom. The largest absolute Gasteiger partial charge is 0.464 e. The second-order valence-electron chi connectivity index (χ2n) is 19.6. The lowest BCUT2D eigenvalue weighted by molar-refractivity contribution is -0.155. The van der Waals surface area contributed by atoms with Gasteiger partial charge in [0.15, 0.2) is 0 Å². The first kappa shape index (κ1) is 59.1. The summed E-state index contributed by atoms with van der Waals surface area (Å²) < 4.78 is 38.8. The third-order valence-corrected chi connectivity index (χ3v) is 16.7. The average Bonchev–Trinajstić information content (AvgIpc) is 3.88. The van der Waals surface area contributed by atoms with Gasteiger partial charge >= 0.3 is 12.0 Å². The number of cyclic esters (lactones) is 1. The van der Waals surface area contributed by atoms with Crippen molar-refractivity contribution >= 4 is 110 Å². The summed E-state index contributed by atoms with van der Waals surface area (Å²) in [5, 5.41) is 8.08. The number of aryl methyl sites for hydroxylation is 1. The lowest BCUT2D eigenvalue weighted by atomic mass is 9.79. The van der Waals surface area contributed by atoms with Crippen molar-refractivity contribution in [2.45, 2.75) is 123 Å². The number of hydrazine groups is 1. The molecule has 4 aliphatic heterocycles. The summed E-state index contributed by atoms with van der Waals surface area (Å²) in [7, 11) is 0.127. The van der Waals surface area contributed by atoms with E-state index in [1.807, 2.05) is 32.2 Å². The molecule has 3 aromatic heterocycles. The van der Waals surface area contributed by atoms with E-state index in [0.717, 1.165) is 44.7 Å². The Morgan fingerprint density at radius 2 is 1.77 bits per heavy atom. The van der Waals surface area contributed by atoms with Gasteiger partial charge in [-0.1, -0.05) is 33.8 Å². The Kier molecular flexibility index (Phi) is 19.9. The van der Waals surface area contributed by atoms with Gasteiger partial charge in [-0.05, 0) is 88.1 Å². The fraction of sp³-hybridized carbons (Fsp3) is 0.583. The molecule has 1 spiro atoms. The zero-order chi connectivity index (χ0) is 47.3. The summed E-state index contributed by atoms with van der Waals surface area (Å²) in [4.78, 5) is 70.3. The van der Waals surface area contributed by atoms with Gasteiger partial charge in [0.05, 0.1) is 46.3 Å². The highest BCUT2D eigenvalue weighted by molar-refractivity contribution is 7.91. The number of esters is 1. The van der Waals surface area contributed by atoms with Gasteiger partial charge in [0, 0.05) is 84.8 Å². The molecule has 4 aliphatic rings. The van der Waals surface area contributed by atoms with Crippen molar-refractivity contribution in [3.63, 3.8) is 0 Å². The molecule has 4 amide bonds. The van der Waals surface area contributed by atoms with Gasteiger partial charge in [-0.3, -0.25) is 24.4 Å². The minimum absolute atomic E-state index is 0. The van der Waals surface area contributed by atoms with Crippen LogP contribution in [0.1, 0.15) is 96.0 Å². The standard InChI is InChI=1S/C48H64N8O8S2.4H2S/c1-9-54-38-15-14-31-24-33(38)34(42(54)32-12-10-19-49-40(32)30(4)63-8)26-47(5,6)28-64-45(59)35-13-11-20-56(52-35)44(58)36(25-39-50-37(31)27-65-39)51-43(57)41(29(2)3)53(7)46(60)55-21-16-48(55)17-22-66(61,62)23-18-48;;;;/h10,12,14-15,19,24,27,29-30,35-36,41,52H,9,11,13,16-18,20-23,25-26,28H2,1-8H3,(H,51,57);4*1H2/t30-,35-,36-,41-;;;;/m0..../s1. The van der Waals surface area contributed by atoms with Gasteiger partial charge in [-0.15, -0.1) is 11.3 Å². The Bertz CT molecular complexity index is 2630. The predicted molar refractivity (Wildman–Crippen MR) is 295 cm³/mol. The third-order valence-electron chi connectivity index (χ3n) is 14.1. The minimum atomic E-state index is -3.15. The summed E-state index contributed by atoms with van der Waals surface area (Å²) >= 11 is 1.40. The van der Waals surface area contributed by atoms with Crippen molar-refractivity contribution in [2.24, 2.45) is 11.3 Å². The number of sulfone groups is 1. The highest BCUT2D eigenvalue weighted by Crippen LogP contribution is 2.43. The first-order chi connectivity index (χ1) is 31.4. The van der Waals surface area contributed by atoms with Gasteiger partial charge in [-0.2, -0.15) is 54.0 Å². The SMILES string of the molecule is CCn1c(-c2cccnc2[C@H](C)OC)c2c3cc(ccc31)-c1csc(n1)C[C@H](NC(=O)[C@H](C(C)C)N(C)C(=O)N1CCC13CCS(=O)(=O)CC3)C(=O)N1CCC[C@H](N1)C(=O)OCC(C)(C)C2.S.S.S.S. The van der Waals surface area contributed by atoms with Crippen LogP contribution in [-0.4, -0.2) is 131 Å². The summed E-state index contributed by atoms with van der Waals surface area (Å²) in [6, 6.07) is 7.20. The molecule has 6 bridgehead atoms. The molecule has 388 valence electrons. The number of rotatable bonds is 8. The van der Waals surface area contributed by atoms with Crippen LogP contribution in [0.5, 0.6) is 0 Å². The molecule has 1 aromatic carbocycles. The number of urea groups is 1. The summed E-state index contributed by atoms with van der Waals surface area (Å²) in [5.74, 6) is -1.67. The fourth-order valence-electron chi connectivity index (χ4n) is 10.3. The maximum atomic E-state index is 14.7. The van der Waals surface area contributed by atoms with Gasteiger partial charge in [0.2, 0.25) is 5.91 Å². The normalized spacial score (nSPS) is 21.3. The van der Waals surface area contributed by atoms with Crippen molar-refractivity contribution in [1.29, 1.82) is 0 Å². The molecule has 4 aromatic rings. The molecular weight excluding hydrogens is 1010 g/mol. The number of methoxy groups -OCH3 is 1. The molecular formula is C48H72N8O8S6. The Labute approximate surface area is 444 Å². The van der Waals surface area contributed by atoms with E-state index < -0.39 is 56.7 Å². The van der Waals surface area contributed by atoms with E-state index >= 15 is 0 Å². The van der Waals surface area contributed by atoms with Gasteiger partial charge < -0.3 is 29.2 Å². The molecule has 7 heterocycles. The molecule has 8 rings (SSSR count). The molecule has 2 N–H and O–H groups in total. The number of carbonyl (C=O) groups is 4. The van der Waals surface area contributed by atoms with E-state index in [0.29, 0.717) is 63.2 Å². The number of hydrogen-bond donors (Lipinski definition) is 2. The first-order valence-corrected chi connectivity index (χ1v) is 25.9. The maximum absolute atomic E-state index is 14.7. The number of thiazole rings is 1. The molecule has 0 radical (unpaired) electrons. The second-order valence-corrected chi connectivity index (χ2v) is 22.9. The van der Waals surface area contributed by atoms with Gasteiger partial charge in [0.1, 0.15) is 28.0 Å². The molecule has 0 saturated carbocycles. The van der Waals surface area contributed by atoms with Crippen molar-refractivity contribution in [3.8, 4) is 22.5 Å². The number of likely N-dealkylation sites (N-methyl/N-ethyl adjacent to an activating group) is 1. The Morgan fingerprint density at radius 1 is 1.06 bits per heavy atom. The molecule has 3 fully saturated rings. The maximum Gasteiger partial charge on any atom is 0.324 e. The number of likely N-dealkylation sites (tertiary alicyclic amines) is 1. The van der Waals surface area contributed by atoms with Crippen LogP contribution in [0.3, 0.4) is 0 Å². The van der Waals surface area contributed by atoms with Crippen LogP contribution in [0.15, 0.2) is 41.9 Å². The lowest BCUT2D eigenvalue weighted by Gasteiger charge is -2.56. The van der Waals surface area contributed by atoms with Crippen LogP contribution in [-0.2, 0) is 53.1 Å². The number of carbonyl (C=O) groups excluding carboxylic acids is 4. The molecule has 0 aliphatic carbocycles. The van der Waals surface area contributed by atoms with Crippen molar-refractivity contribution in [2.75, 3.05) is 45.4 Å². The number of ether oxygens (including phenoxy) is 2. The molecule has 16 nitrogen and oxygen atoms in total. The zero-order valence-electron chi connectivity index (χ0n) is 41.4. The van der Waals surface area contributed by atoms with E-state index in [2.05, 4.69) is 60.3 Å². The quantitative estimate of drug-likeness (QED) is 0.187. The van der Waals surface area contributed by atoms with Crippen LogP contribution in [0.4, 0.5) is 4.79 Å². The summed E-state index contributed by atoms with van der Waals surface area (Å²) in [6.07, 6.45) is 4.61. The number of pyridine rings is 1. The summed E-state index contributed by atoms with van der Waals surface area (Å²) in [6.45, 7) is 13.6. The summed E-state index contributed by atoms with van der Waals surface area (Å²) in [5.41, 5.74) is 8.67. The van der Waals surface area contributed by atoms with Crippen LogP contribution in [0.25, 0.3) is 33.4 Å². The van der Waals surface area contributed by atoms with E-state index in [4.69, 9.17) is 19.4 Å².